The van der Waals surface area contributed by atoms with Crippen molar-refractivity contribution in [3.8, 4) is 5.75 Å². The molecule has 0 saturated carbocycles. The standard InChI is InChI=1S/C17H20ClNO/c1-3-16(19)17(15-7-5-4-6-12(15)2)20-14-10-8-13(18)9-11-14/h4-11,16-17H,3,19H2,1-2H3. The van der Waals surface area contributed by atoms with Crippen LogP contribution in [0.3, 0.4) is 0 Å². The fourth-order valence-corrected chi connectivity index (χ4v) is 2.29. The van der Waals surface area contributed by atoms with E-state index < -0.39 is 0 Å². The first-order valence-corrected chi connectivity index (χ1v) is 7.23. The highest BCUT2D eigenvalue weighted by Crippen LogP contribution is 2.28. The van der Waals surface area contributed by atoms with E-state index in [4.69, 9.17) is 22.1 Å². The molecule has 0 bridgehead atoms. The van der Waals surface area contributed by atoms with Gasteiger partial charge in [0.05, 0.1) is 0 Å². The number of benzene rings is 2. The summed E-state index contributed by atoms with van der Waals surface area (Å²) in [6.45, 7) is 4.15. The molecule has 2 atom stereocenters. The Morgan fingerprint density at radius 1 is 1.10 bits per heavy atom. The van der Waals surface area contributed by atoms with Gasteiger partial charge < -0.3 is 10.5 Å². The number of hydrogen-bond donors (Lipinski definition) is 1. The van der Waals surface area contributed by atoms with Gasteiger partial charge in [-0.25, -0.2) is 0 Å². The fraction of sp³-hybridized carbons (Fsp3) is 0.294. The highest BCUT2D eigenvalue weighted by molar-refractivity contribution is 6.30. The molecule has 2 aromatic rings. The Morgan fingerprint density at radius 2 is 1.75 bits per heavy atom. The van der Waals surface area contributed by atoms with Gasteiger partial charge in [0, 0.05) is 11.1 Å². The molecule has 0 heterocycles. The highest BCUT2D eigenvalue weighted by atomic mass is 35.5. The maximum Gasteiger partial charge on any atom is 0.139 e. The Hall–Kier alpha value is -1.51. The summed E-state index contributed by atoms with van der Waals surface area (Å²) in [7, 11) is 0. The number of hydrogen-bond acceptors (Lipinski definition) is 2. The summed E-state index contributed by atoms with van der Waals surface area (Å²) >= 11 is 5.90. The quantitative estimate of drug-likeness (QED) is 0.879. The van der Waals surface area contributed by atoms with Crippen LogP contribution >= 0.6 is 11.6 Å². The molecular weight excluding hydrogens is 270 g/mol. The Labute approximate surface area is 125 Å². The summed E-state index contributed by atoms with van der Waals surface area (Å²) in [6, 6.07) is 15.5. The zero-order chi connectivity index (χ0) is 14.5. The summed E-state index contributed by atoms with van der Waals surface area (Å²) in [6.07, 6.45) is 0.703. The van der Waals surface area contributed by atoms with E-state index in [-0.39, 0.29) is 12.1 Å². The lowest BCUT2D eigenvalue weighted by molar-refractivity contribution is 0.170. The third-order valence-corrected chi connectivity index (χ3v) is 3.68. The summed E-state index contributed by atoms with van der Waals surface area (Å²) in [5.74, 6) is 0.784. The predicted octanol–water partition coefficient (Wildman–Crippen LogP) is 4.51. The van der Waals surface area contributed by atoms with Crippen molar-refractivity contribution in [3.63, 3.8) is 0 Å². The second kappa shape index (κ2) is 6.78. The molecule has 0 spiro atoms. The second-order valence-corrected chi connectivity index (χ2v) is 5.36. The smallest absolute Gasteiger partial charge is 0.139 e. The fourth-order valence-electron chi connectivity index (χ4n) is 2.16. The Morgan fingerprint density at radius 3 is 2.35 bits per heavy atom. The predicted molar refractivity (Wildman–Crippen MR) is 84.3 cm³/mol. The number of nitrogens with two attached hydrogens (primary N) is 1. The average Bonchev–Trinajstić information content (AvgIpc) is 2.47. The van der Waals surface area contributed by atoms with Crippen LogP contribution in [0.4, 0.5) is 0 Å². The number of aryl methyl sites for hydroxylation is 1. The van der Waals surface area contributed by atoms with E-state index in [1.54, 1.807) is 0 Å². The van der Waals surface area contributed by atoms with Crippen LogP contribution < -0.4 is 10.5 Å². The van der Waals surface area contributed by atoms with Crippen LogP contribution in [0.5, 0.6) is 5.75 Å². The minimum atomic E-state index is -0.151. The molecule has 2 nitrogen and oxygen atoms in total. The molecule has 0 aliphatic heterocycles. The van der Waals surface area contributed by atoms with Gasteiger partial charge in [-0.2, -0.15) is 0 Å². The van der Waals surface area contributed by atoms with Crippen LogP contribution in [0, 0.1) is 6.92 Å². The van der Waals surface area contributed by atoms with Crippen molar-refractivity contribution in [2.24, 2.45) is 5.73 Å². The minimum Gasteiger partial charge on any atom is -0.484 e. The zero-order valence-corrected chi connectivity index (χ0v) is 12.6. The van der Waals surface area contributed by atoms with E-state index in [9.17, 15) is 0 Å². The van der Waals surface area contributed by atoms with E-state index in [2.05, 4.69) is 26.0 Å². The van der Waals surface area contributed by atoms with Crippen LogP contribution in [0.15, 0.2) is 48.5 Å². The van der Waals surface area contributed by atoms with Crippen molar-refractivity contribution in [2.75, 3.05) is 0 Å². The third-order valence-electron chi connectivity index (χ3n) is 3.43. The molecule has 2 N–H and O–H groups in total. The van der Waals surface area contributed by atoms with Gasteiger partial charge in [0.15, 0.2) is 0 Å². The third kappa shape index (κ3) is 3.53. The summed E-state index contributed by atoms with van der Waals surface area (Å²) in [5.41, 5.74) is 8.57. The minimum absolute atomic E-state index is 0.0493. The van der Waals surface area contributed by atoms with Crippen LogP contribution in [-0.2, 0) is 0 Å². The molecular formula is C17H20ClNO. The summed E-state index contributed by atoms with van der Waals surface area (Å²) in [5, 5.41) is 0.699. The first-order chi connectivity index (χ1) is 9.61. The van der Waals surface area contributed by atoms with E-state index >= 15 is 0 Å². The molecule has 0 radical (unpaired) electrons. The second-order valence-electron chi connectivity index (χ2n) is 4.92. The van der Waals surface area contributed by atoms with E-state index in [0.29, 0.717) is 5.02 Å². The zero-order valence-electron chi connectivity index (χ0n) is 11.8. The highest BCUT2D eigenvalue weighted by Gasteiger charge is 2.22. The van der Waals surface area contributed by atoms with E-state index in [1.807, 2.05) is 36.4 Å². The van der Waals surface area contributed by atoms with Crippen molar-refractivity contribution < 1.29 is 4.74 Å². The molecule has 106 valence electrons. The monoisotopic (exact) mass is 289 g/mol. The number of ether oxygens (including phenoxy) is 1. The van der Waals surface area contributed by atoms with Crippen LogP contribution in [0.2, 0.25) is 5.02 Å². The van der Waals surface area contributed by atoms with Crippen LogP contribution in [-0.4, -0.2) is 6.04 Å². The maximum absolute atomic E-state index is 6.24. The Bertz CT molecular complexity index is 553. The van der Waals surface area contributed by atoms with Crippen molar-refractivity contribution in [2.45, 2.75) is 32.4 Å². The van der Waals surface area contributed by atoms with Crippen LogP contribution in [0.1, 0.15) is 30.6 Å². The Balaban J connectivity index is 2.29. The van der Waals surface area contributed by atoms with Gasteiger partial charge in [0.25, 0.3) is 0 Å². The molecule has 0 amide bonds. The van der Waals surface area contributed by atoms with E-state index in [0.717, 1.165) is 17.7 Å². The van der Waals surface area contributed by atoms with Crippen molar-refractivity contribution in [3.05, 3.63) is 64.7 Å². The molecule has 0 aromatic heterocycles. The van der Waals surface area contributed by atoms with Crippen LogP contribution in [0.25, 0.3) is 0 Å². The molecule has 2 rings (SSSR count). The van der Waals surface area contributed by atoms with Crippen molar-refractivity contribution in [1.29, 1.82) is 0 Å². The van der Waals surface area contributed by atoms with Gasteiger partial charge in [-0.05, 0) is 48.7 Å². The first-order valence-electron chi connectivity index (χ1n) is 6.85. The summed E-state index contributed by atoms with van der Waals surface area (Å²) < 4.78 is 6.11. The molecule has 3 heteroatoms. The maximum atomic E-state index is 6.24. The number of rotatable bonds is 5. The van der Waals surface area contributed by atoms with Gasteiger partial charge in [0.1, 0.15) is 11.9 Å². The molecule has 20 heavy (non-hydrogen) atoms. The van der Waals surface area contributed by atoms with Gasteiger partial charge in [-0.15, -0.1) is 0 Å². The lowest BCUT2D eigenvalue weighted by atomic mass is 9.97. The summed E-state index contributed by atoms with van der Waals surface area (Å²) in [4.78, 5) is 0. The van der Waals surface area contributed by atoms with Gasteiger partial charge >= 0.3 is 0 Å². The lowest BCUT2D eigenvalue weighted by Gasteiger charge is -2.26. The van der Waals surface area contributed by atoms with Gasteiger partial charge in [-0.3, -0.25) is 0 Å². The average molecular weight is 290 g/mol. The van der Waals surface area contributed by atoms with Crippen molar-refractivity contribution in [1.82, 2.24) is 0 Å². The van der Waals surface area contributed by atoms with Gasteiger partial charge in [-0.1, -0.05) is 42.8 Å². The van der Waals surface area contributed by atoms with Crippen molar-refractivity contribution >= 4 is 11.6 Å². The van der Waals surface area contributed by atoms with Gasteiger partial charge in [0.2, 0.25) is 0 Å². The lowest BCUT2D eigenvalue weighted by Crippen LogP contribution is -2.32. The van der Waals surface area contributed by atoms with E-state index in [1.165, 1.54) is 5.56 Å². The number of halogens is 1. The Kier molecular flexibility index (Phi) is 5.05. The molecule has 0 aliphatic carbocycles. The SMILES string of the molecule is CCC(N)C(Oc1ccc(Cl)cc1)c1ccccc1C. The normalized spacial score (nSPS) is 13.8. The molecule has 0 saturated heterocycles. The molecule has 0 aliphatic rings. The topological polar surface area (TPSA) is 35.2 Å². The molecule has 2 unspecified atom stereocenters. The molecule has 0 fully saturated rings. The first kappa shape index (κ1) is 14.9. The largest absolute Gasteiger partial charge is 0.484 e. The molecule has 2 aromatic carbocycles.